The van der Waals surface area contributed by atoms with E-state index in [-0.39, 0.29) is 11.5 Å². The van der Waals surface area contributed by atoms with E-state index < -0.39 is 0 Å². The van der Waals surface area contributed by atoms with Crippen molar-refractivity contribution in [1.82, 2.24) is 10.3 Å². The fourth-order valence-electron chi connectivity index (χ4n) is 2.55. The lowest BCUT2D eigenvalue weighted by molar-refractivity contribution is 0.0951. The van der Waals surface area contributed by atoms with Crippen LogP contribution >= 0.6 is 0 Å². The number of pyridine rings is 1. The number of nitrogens with one attached hydrogen (secondary N) is 2. The van der Waals surface area contributed by atoms with Crippen LogP contribution in [0.15, 0.2) is 53.3 Å². The Kier molecular flexibility index (Phi) is 3.98. The molecule has 23 heavy (non-hydrogen) atoms. The number of aromatic amines is 1. The molecule has 0 bridgehead atoms. The largest absolute Gasteiger partial charge is 0.348 e. The number of H-pyrrole nitrogens is 1. The van der Waals surface area contributed by atoms with Gasteiger partial charge in [0.05, 0.1) is 0 Å². The fraction of sp³-hybridized carbons (Fsp3) is 0.158. The maximum absolute atomic E-state index is 12.2. The molecule has 0 unspecified atom stereocenters. The summed E-state index contributed by atoms with van der Waals surface area (Å²) in [6, 6.07) is 15.1. The van der Waals surface area contributed by atoms with E-state index in [0.717, 1.165) is 22.0 Å². The van der Waals surface area contributed by atoms with E-state index in [4.69, 9.17) is 0 Å². The minimum Gasteiger partial charge on any atom is -0.348 e. The van der Waals surface area contributed by atoms with Crippen LogP contribution in [-0.2, 0) is 6.54 Å². The molecule has 2 N–H and O–H groups in total. The van der Waals surface area contributed by atoms with Crippen molar-refractivity contribution in [3.63, 3.8) is 0 Å². The molecule has 2 aromatic carbocycles. The summed E-state index contributed by atoms with van der Waals surface area (Å²) in [7, 11) is 0. The molecule has 0 aliphatic carbocycles. The zero-order valence-electron chi connectivity index (χ0n) is 13.1. The van der Waals surface area contributed by atoms with Gasteiger partial charge < -0.3 is 10.3 Å². The van der Waals surface area contributed by atoms with Crippen LogP contribution in [0.3, 0.4) is 0 Å². The molecule has 1 amide bonds. The highest BCUT2D eigenvalue weighted by Gasteiger charge is 2.06. The van der Waals surface area contributed by atoms with E-state index in [2.05, 4.69) is 10.3 Å². The van der Waals surface area contributed by atoms with Gasteiger partial charge in [-0.1, -0.05) is 23.8 Å². The van der Waals surface area contributed by atoms with Crippen LogP contribution in [-0.4, -0.2) is 10.9 Å². The second kappa shape index (κ2) is 6.08. The highest BCUT2D eigenvalue weighted by atomic mass is 16.1. The fourth-order valence-corrected chi connectivity index (χ4v) is 2.55. The zero-order valence-corrected chi connectivity index (χ0v) is 13.1. The number of rotatable bonds is 3. The van der Waals surface area contributed by atoms with Gasteiger partial charge in [0.2, 0.25) is 0 Å². The standard InChI is InChI=1S/C19H18N2O2/c1-12-4-3-5-15(8-12)19(23)20-11-14-6-7-17-16(10-14)9-13(2)18(22)21-17/h3-10H,11H2,1-2H3,(H,20,23)(H,21,22). The number of aromatic nitrogens is 1. The molecule has 3 rings (SSSR count). The molecule has 4 nitrogen and oxygen atoms in total. The van der Waals surface area contributed by atoms with Gasteiger partial charge in [0.25, 0.3) is 11.5 Å². The van der Waals surface area contributed by atoms with Crippen molar-refractivity contribution in [2.24, 2.45) is 0 Å². The quantitative estimate of drug-likeness (QED) is 0.781. The van der Waals surface area contributed by atoms with E-state index in [1.807, 2.05) is 49.4 Å². The highest BCUT2D eigenvalue weighted by molar-refractivity contribution is 5.94. The first kappa shape index (κ1) is 15.0. The molecule has 1 aromatic heterocycles. The summed E-state index contributed by atoms with van der Waals surface area (Å²) in [4.78, 5) is 26.6. The van der Waals surface area contributed by atoms with Crippen molar-refractivity contribution in [3.05, 3.63) is 81.1 Å². The lowest BCUT2D eigenvalue weighted by atomic mass is 10.1. The molecule has 0 atom stereocenters. The predicted molar refractivity (Wildman–Crippen MR) is 91.7 cm³/mol. The van der Waals surface area contributed by atoms with E-state index in [1.165, 1.54) is 0 Å². The maximum Gasteiger partial charge on any atom is 0.251 e. The molecule has 0 aliphatic rings. The molecule has 1 heterocycles. The molecule has 3 aromatic rings. The third kappa shape index (κ3) is 3.31. The minimum atomic E-state index is -0.0913. The van der Waals surface area contributed by atoms with E-state index in [1.54, 1.807) is 13.0 Å². The topological polar surface area (TPSA) is 62.0 Å². The van der Waals surface area contributed by atoms with Crippen LogP contribution in [0.25, 0.3) is 10.9 Å². The number of carbonyl (C=O) groups is 1. The van der Waals surface area contributed by atoms with E-state index >= 15 is 0 Å². The maximum atomic E-state index is 12.2. The normalized spacial score (nSPS) is 10.7. The average molecular weight is 306 g/mol. The lowest BCUT2D eigenvalue weighted by Gasteiger charge is -2.07. The summed E-state index contributed by atoms with van der Waals surface area (Å²) in [5.74, 6) is -0.0913. The molecule has 116 valence electrons. The summed E-state index contributed by atoms with van der Waals surface area (Å²) in [5, 5.41) is 3.88. The summed E-state index contributed by atoms with van der Waals surface area (Å²) >= 11 is 0. The van der Waals surface area contributed by atoms with Crippen molar-refractivity contribution in [2.45, 2.75) is 20.4 Å². The Morgan fingerprint density at radius 2 is 1.91 bits per heavy atom. The van der Waals surface area contributed by atoms with Gasteiger partial charge in [-0.2, -0.15) is 0 Å². The smallest absolute Gasteiger partial charge is 0.251 e. The number of aryl methyl sites for hydroxylation is 2. The number of fused-ring (bicyclic) bond motifs is 1. The van der Waals surface area contributed by atoms with Gasteiger partial charge in [-0.05, 0) is 55.1 Å². The van der Waals surface area contributed by atoms with Gasteiger partial charge in [0.15, 0.2) is 0 Å². The van der Waals surface area contributed by atoms with Gasteiger partial charge in [0, 0.05) is 23.2 Å². The molecule has 0 radical (unpaired) electrons. The first-order chi connectivity index (χ1) is 11.0. The van der Waals surface area contributed by atoms with Gasteiger partial charge in [-0.3, -0.25) is 9.59 Å². The van der Waals surface area contributed by atoms with Crippen molar-refractivity contribution < 1.29 is 4.79 Å². The molecular formula is C19H18N2O2. The Bertz CT molecular complexity index is 941. The van der Waals surface area contributed by atoms with Crippen LogP contribution in [0.1, 0.15) is 27.0 Å². The Balaban J connectivity index is 1.78. The van der Waals surface area contributed by atoms with Crippen LogP contribution in [0.2, 0.25) is 0 Å². The van der Waals surface area contributed by atoms with Crippen molar-refractivity contribution >= 4 is 16.8 Å². The third-order valence-electron chi connectivity index (χ3n) is 3.83. The number of hydrogen-bond acceptors (Lipinski definition) is 2. The number of benzene rings is 2. The summed E-state index contributed by atoms with van der Waals surface area (Å²) < 4.78 is 0. The molecule has 0 aliphatic heterocycles. The second-order valence-corrected chi connectivity index (χ2v) is 5.76. The van der Waals surface area contributed by atoms with Gasteiger partial charge in [-0.15, -0.1) is 0 Å². The zero-order chi connectivity index (χ0) is 16.4. The van der Waals surface area contributed by atoms with Crippen LogP contribution in [0, 0.1) is 13.8 Å². The lowest BCUT2D eigenvalue weighted by Crippen LogP contribution is -2.22. The number of amides is 1. The average Bonchev–Trinajstić information content (AvgIpc) is 2.53. The molecule has 0 spiro atoms. The Labute approximate surface area is 134 Å². The second-order valence-electron chi connectivity index (χ2n) is 5.76. The predicted octanol–water partition coefficient (Wildman–Crippen LogP) is 3.07. The van der Waals surface area contributed by atoms with Crippen molar-refractivity contribution in [3.8, 4) is 0 Å². The summed E-state index contributed by atoms with van der Waals surface area (Å²) in [6.45, 7) is 4.19. The Morgan fingerprint density at radius 3 is 2.70 bits per heavy atom. The summed E-state index contributed by atoms with van der Waals surface area (Å²) in [5.41, 5.74) is 4.12. The molecule has 0 saturated carbocycles. The molecule has 0 fully saturated rings. The van der Waals surface area contributed by atoms with Crippen molar-refractivity contribution in [1.29, 1.82) is 0 Å². The first-order valence-corrected chi connectivity index (χ1v) is 7.50. The van der Waals surface area contributed by atoms with Gasteiger partial charge in [-0.25, -0.2) is 0 Å². The van der Waals surface area contributed by atoms with Crippen LogP contribution < -0.4 is 10.9 Å². The van der Waals surface area contributed by atoms with Gasteiger partial charge in [0.1, 0.15) is 0 Å². The Morgan fingerprint density at radius 1 is 1.09 bits per heavy atom. The van der Waals surface area contributed by atoms with E-state index in [0.29, 0.717) is 17.7 Å². The Hall–Kier alpha value is -2.88. The van der Waals surface area contributed by atoms with E-state index in [9.17, 15) is 9.59 Å². The summed E-state index contributed by atoms with van der Waals surface area (Å²) in [6.07, 6.45) is 0. The minimum absolute atomic E-state index is 0.0713. The van der Waals surface area contributed by atoms with Crippen LogP contribution in [0.4, 0.5) is 0 Å². The number of carbonyl (C=O) groups excluding carboxylic acids is 1. The molecular weight excluding hydrogens is 288 g/mol. The first-order valence-electron chi connectivity index (χ1n) is 7.50. The number of hydrogen-bond donors (Lipinski definition) is 2. The highest BCUT2D eigenvalue weighted by Crippen LogP contribution is 2.14. The molecule has 0 saturated heterocycles. The SMILES string of the molecule is Cc1cccc(C(=O)NCc2ccc3[nH]c(=O)c(C)cc3c2)c1. The van der Waals surface area contributed by atoms with Crippen LogP contribution in [0.5, 0.6) is 0 Å². The third-order valence-corrected chi connectivity index (χ3v) is 3.83. The monoisotopic (exact) mass is 306 g/mol. The van der Waals surface area contributed by atoms with Crippen molar-refractivity contribution in [2.75, 3.05) is 0 Å². The molecule has 4 heteroatoms. The van der Waals surface area contributed by atoms with Gasteiger partial charge >= 0.3 is 0 Å².